The Morgan fingerprint density at radius 3 is 2.10 bits per heavy atom. The molecule has 0 aromatic carbocycles. The average molecular weight is 504 g/mol. The van der Waals surface area contributed by atoms with Gasteiger partial charge in [-0.1, -0.05) is 0 Å². The summed E-state index contributed by atoms with van der Waals surface area (Å²) in [5.74, 6) is 0. The van der Waals surface area contributed by atoms with Crippen LogP contribution in [0.4, 0.5) is 0 Å². The zero-order valence-electron chi connectivity index (χ0n) is 20.5. The van der Waals surface area contributed by atoms with E-state index in [1.807, 2.05) is 0 Å². The van der Waals surface area contributed by atoms with E-state index in [4.69, 9.17) is 4.74 Å². The maximum atomic E-state index is 7.02. The molecule has 0 amide bonds. The van der Waals surface area contributed by atoms with Gasteiger partial charge in [0.2, 0.25) is 0 Å². The molecule has 0 aromatic heterocycles. The van der Waals surface area contributed by atoms with Gasteiger partial charge in [0, 0.05) is 0 Å². The van der Waals surface area contributed by atoms with Crippen molar-refractivity contribution in [1.82, 2.24) is 0 Å². The molecule has 0 radical (unpaired) electrons. The smallest absolute Gasteiger partial charge is 1.00 e. The molecule has 5 heteroatoms. The number of allylic oxidation sites excluding steroid dienone is 6. The van der Waals surface area contributed by atoms with Crippen molar-refractivity contribution in [2.45, 2.75) is 92.5 Å². The Hall–Kier alpha value is 0.431. The Kier molecular flexibility index (Phi) is 11.2. The maximum absolute atomic E-state index is 7.02. The molecule has 169 valence electrons. The third kappa shape index (κ3) is 6.06. The van der Waals surface area contributed by atoms with Crippen LogP contribution in [-0.4, -0.2) is 19.9 Å². The number of ether oxygens (including phenoxy) is 1. The molecule has 0 aliphatic heterocycles. The van der Waals surface area contributed by atoms with Gasteiger partial charge in [-0.25, -0.2) is 0 Å². The first-order chi connectivity index (χ1) is 12.8. The summed E-state index contributed by atoms with van der Waals surface area (Å²) < 4.78 is 8.57. The minimum atomic E-state index is -1.94. The monoisotopic (exact) mass is 503 g/mol. The van der Waals surface area contributed by atoms with Crippen molar-refractivity contribution in [1.29, 1.82) is 0 Å². The molecular weight excluding hydrogens is 463 g/mol. The molecule has 1 nitrogen and oxygen atoms in total. The van der Waals surface area contributed by atoms with Crippen LogP contribution in [0.2, 0.25) is 13.1 Å². The van der Waals surface area contributed by atoms with Gasteiger partial charge in [-0.2, -0.15) is 0 Å². The van der Waals surface area contributed by atoms with Crippen molar-refractivity contribution >= 4 is 8.07 Å². The van der Waals surface area contributed by atoms with Crippen molar-refractivity contribution in [2.75, 3.05) is 6.61 Å². The molecule has 0 spiro atoms. The van der Waals surface area contributed by atoms with Crippen LogP contribution in [0.1, 0.15) is 74.1 Å². The fraction of sp³-hybridized carbons (Fsp3) is 0.680. The van der Waals surface area contributed by atoms with Crippen LogP contribution in [-0.2, 0) is 25.2 Å². The summed E-state index contributed by atoms with van der Waals surface area (Å²) in [6.45, 7) is 22.3. The van der Waals surface area contributed by atoms with Gasteiger partial charge in [0.1, 0.15) is 0 Å². The van der Waals surface area contributed by atoms with Gasteiger partial charge in [-0.3, -0.25) is 0 Å². The van der Waals surface area contributed by atoms with Gasteiger partial charge in [-0.05, 0) is 0 Å². The first-order valence-corrected chi connectivity index (χ1v) is 14.7. The molecule has 0 saturated heterocycles. The van der Waals surface area contributed by atoms with Crippen LogP contribution < -0.4 is 24.8 Å². The number of hydrogen-bond acceptors (Lipinski definition) is 1. The third-order valence-electron chi connectivity index (χ3n) is 6.48. The molecule has 0 N–H and O–H groups in total. The molecule has 0 heterocycles. The Morgan fingerprint density at radius 1 is 1.07 bits per heavy atom. The van der Waals surface area contributed by atoms with E-state index in [1.54, 1.807) is 9.07 Å². The molecule has 1 unspecified atom stereocenters. The Bertz CT molecular complexity index is 720. The van der Waals surface area contributed by atoms with Crippen molar-refractivity contribution in [2.24, 2.45) is 10.8 Å². The van der Waals surface area contributed by atoms with Crippen LogP contribution in [0.3, 0.4) is 0 Å². The average Bonchev–Trinajstić information content (AvgIpc) is 3.00. The van der Waals surface area contributed by atoms with Gasteiger partial charge in [0.25, 0.3) is 0 Å². The summed E-state index contributed by atoms with van der Waals surface area (Å²) in [6, 6.07) is 0. The van der Waals surface area contributed by atoms with E-state index in [0.717, 1.165) is 25.9 Å². The van der Waals surface area contributed by atoms with Crippen molar-refractivity contribution in [3.63, 3.8) is 0 Å². The third-order valence-corrected chi connectivity index (χ3v) is 12.1. The van der Waals surface area contributed by atoms with Gasteiger partial charge in [-0.15, -0.1) is 0 Å². The molecule has 0 bridgehead atoms. The quantitative estimate of drug-likeness (QED) is 0.393. The Labute approximate surface area is 211 Å². The van der Waals surface area contributed by atoms with E-state index >= 15 is 0 Å². The first-order valence-electron chi connectivity index (χ1n) is 11.0. The second-order valence-electron chi connectivity index (χ2n) is 11.1. The zero-order chi connectivity index (χ0) is 21.4. The fourth-order valence-corrected chi connectivity index (χ4v) is 10.4. The van der Waals surface area contributed by atoms with Crippen LogP contribution in [0.25, 0.3) is 0 Å². The van der Waals surface area contributed by atoms with E-state index in [-0.39, 0.29) is 40.9 Å². The summed E-state index contributed by atoms with van der Waals surface area (Å²) in [7, 11) is -1.94. The molecular formula is C25H41Cl2OSiTi. The number of hydrogen-bond donors (Lipinski definition) is 0. The summed E-state index contributed by atoms with van der Waals surface area (Å²) in [4.78, 5) is 0. The fourth-order valence-electron chi connectivity index (χ4n) is 4.65. The number of rotatable bonds is 6. The molecule has 2 rings (SSSR count). The van der Waals surface area contributed by atoms with Crippen LogP contribution in [0, 0.1) is 10.8 Å². The van der Waals surface area contributed by atoms with Crippen LogP contribution in [0.15, 0.2) is 44.5 Å². The molecule has 30 heavy (non-hydrogen) atoms. The van der Waals surface area contributed by atoms with Crippen LogP contribution >= 0.6 is 0 Å². The van der Waals surface area contributed by atoms with Gasteiger partial charge in [0.15, 0.2) is 0 Å². The van der Waals surface area contributed by atoms with Gasteiger partial charge >= 0.3 is 188 Å². The minimum Gasteiger partial charge on any atom is -1.00 e. The largest absolute Gasteiger partial charge is 1.00 e. The summed E-state index contributed by atoms with van der Waals surface area (Å²) in [6.07, 6.45) is 14.2. The van der Waals surface area contributed by atoms with Gasteiger partial charge < -0.3 is 24.8 Å². The van der Waals surface area contributed by atoms with Crippen molar-refractivity contribution in [3.8, 4) is 0 Å². The minimum absolute atomic E-state index is 0. The van der Waals surface area contributed by atoms with Crippen molar-refractivity contribution in [3.05, 3.63) is 44.5 Å². The predicted molar refractivity (Wildman–Crippen MR) is 122 cm³/mol. The Balaban J connectivity index is 0.00000420. The van der Waals surface area contributed by atoms with E-state index < -0.39 is 8.07 Å². The molecule has 0 aromatic rings. The molecule has 2 aliphatic rings. The molecule has 1 atom stereocenters. The number of halogens is 2. The predicted octanol–water partition coefficient (Wildman–Crippen LogP) is 1.45. The Morgan fingerprint density at radius 2 is 1.67 bits per heavy atom. The summed E-state index contributed by atoms with van der Waals surface area (Å²) in [5, 5.41) is 1.44. The number of unbranched alkanes of at least 4 members (excludes halogenated alkanes) is 1. The second kappa shape index (κ2) is 11.0. The molecule has 0 fully saturated rings. The second-order valence-corrected chi connectivity index (χ2v) is 16.6. The van der Waals surface area contributed by atoms with Crippen molar-refractivity contribution < 1.29 is 50.0 Å². The topological polar surface area (TPSA) is 9.23 Å². The first kappa shape index (κ1) is 30.4. The van der Waals surface area contributed by atoms with Crippen LogP contribution in [0.5, 0.6) is 0 Å². The molecule has 2 aliphatic carbocycles. The molecule has 0 saturated carbocycles. The SMILES string of the molecule is CCCCOC1([Si](C)(C)C2=[C]([Ti+2])CC=C2)CC=C(C(C)(C)C)C=C1C(C)(C)C.[Cl-].[Cl-]. The standard InChI is InChI=1S/C25H41OSi.2ClH.Ti/c1-10-11-18-26-25(27(8,9)21-14-12-13-15-21)17-16-20(23(2,3)4)19-22(25)24(5,6)7;;;/h12,14,16,19H,10-11,13,17-18H2,1-9H3;2*1H;/q;;;+2/p-2. The maximum Gasteiger partial charge on any atom is -1.00 e. The van der Waals surface area contributed by atoms with E-state index in [2.05, 4.69) is 106 Å². The van der Waals surface area contributed by atoms with E-state index in [9.17, 15) is 0 Å². The zero-order valence-corrected chi connectivity index (χ0v) is 24.6. The summed E-state index contributed by atoms with van der Waals surface area (Å²) in [5.41, 5.74) is 3.23. The summed E-state index contributed by atoms with van der Waals surface area (Å²) >= 11 is 2.32. The van der Waals surface area contributed by atoms with E-state index in [0.29, 0.717) is 0 Å². The van der Waals surface area contributed by atoms with E-state index in [1.165, 1.54) is 17.6 Å². The normalized spacial score (nSPS) is 22.4. The van der Waals surface area contributed by atoms with Gasteiger partial charge in [0.05, 0.1) is 0 Å².